The first kappa shape index (κ1) is 14.4. The van der Waals surface area contributed by atoms with Crippen molar-refractivity contribution in [2.24, 2.45) is 0 Å². The molecule has 2 N–H and O–H groups in total. The minimum atomic E-state index is -1.01. The van der Waals surface area contributed by atoms with E-state index in [-0.39, 0.29) is 5.56 Å². The Balaban J connectivity index is 2.08. The third-order valence-corrected chi connectivity index (χ3v) is 2.70. The Morgan fingerprint density at radius 2 is 1.90 bits per heavy atom. The molecule has 7 nitrogen and oxygen atoms in total. The molecule has 0 bridgehead atoms. The lowest BCUT2D eigenvalue weighted by Gasteiger charge is -2.07. The fourth-order valence-corrected chi connectivity index (χ4v) is 1.66. The SMILES string of the molecule is COC(=O)c1ccnc(NCc2cc(C(=O)O)ccn2)c1. The van der Waals surface area contributed by atoms with Crippen LogP contribution in [0.15, 0.2) is 36.7 Å². The average molecular weight is 287 g/mol. The summed E-state index contributed by atoms with van der Waals surface area (Å²) >= 11 is 0. The number of aromatic carboxylic acids is 1. The molecule has 0 aliphatic heterocycles. The van der Waals surface area contributed by atoms with E-state index in [0.717, 1.165) is 0 Å². The van der Waals surface area contributed by atoms with Crippen LogP contribution in [0.4, 0.5) is 5.82 Å². The molecule has 108 valence electrons. The molecular weight excluding hydrogens is 274 g/mol. The van der Waals surface area contributed by atoms with E-state index < -0.39 is 11.9 Å². The lowest BCUT2D eigenvalue weighted by Crippen LogP contribution is -2.07. The molecule has 2 aromatic heterocycles. The molecule has 2 rings (SSSR count). The number of nitrogens with zero attached hydrogens (tertiary/aromatic N) is 2. The van der Waals surface area contributed by atoms with Crippen LogP contribution in [-0.2, 0) is 11.3 Å². The molecule has 0 aliphatic carbocycles. The highest BCUT2D eigenvalue weighted by molar-refractivity contribution is 5.90. The molecule has 0 amide bonds. The number of carbonyl (C=O) groups is 2. The Morgan fingerprint density at radius 3 is 2.62 bits per heavy atom. The molecular formula is C14H13N3O4. The molecule has 0 fully saturated rings. The molecule has 21 heavy (non-hydrogen) atoms. The summed E-state index contributed by atoms with van der Waals surface area (Å²) in [6, 6.07) is 5.98. The van der Waals surface area contributed by atoms with Gasteiger partial charge >= 0.3 is 11.9 Å². The number of rotatable bonds is 5. The van der Waals surface area contributed by atoms with Crippen LogP contribution in [0.1, 0.15) is 26.4 Å². The first-order valence-electron chi connectivity index (χ1n) is 6.06. The summed E-state index contributed by atoms with van der Waals surface area (Å²) < 4.78 is 4.62. The third-order valence-electron chi connectivity index (χ3n) is 2.70. The smallest absolute Gasteiger partial charge is 0.338 e. The molecule has 7 heteroatoms. The highest BCUT2D eigenvalue weighted by Crippen LogP contribution is 2.10. The standard InChI is InChI=1S/C14H13N3O4/c1-21-14(20)10-3-5-16-12(7-10)17-8-11-6-9(13(18)19)2-4-15-11/h2-7H,8H2,1H3,(H,16,17)(H,18,19). The predicted molar refractivity (Wildman–Crippen MR) is 74.1 cm³/mol. The molecule has 0 saturated carbocycles. The molecule has 0 spiro atoms. The molecule has 2 heterocycles. The van der Waals surface area contributed by atoms with Gasteiger partial charge in [-0.25, -0.2) is 14.6 Å². The van der Waals surface area contributed by atoms with Crippen LogP contribution >= 0.6 is 0 Å². The van der Waals surface area contributed by atoms with Crippen LogP contribution in [-0.4, -0.2) is 34.1 Å². The number of nitrogens with one attached hydrogen (secondary N) is 1. The molecule has 0 unspecified atom stereocenters. The van der Waals surface area contributed by atoms with Crippen molar-refractivity contribution >= 4 is 17.8 Å². The maximum absolute atomic E-state index is 11.4. The summed E-state index contributed by atoms with van der Waals surface area (Å²) in [6.45, 7) is 0.290. The van der Waals surface area contributed by atoms with E-state index in [2.05, 4.69) is 20.0 Å². The van der Waals surface area contributed by atoms with Gasteiger partial charge in [-0.3, -0.25) is 4.98 Å². The van der Waals surface area contributed by atoms with Crippen molar-refractivity contribution in [2.75, 3.05) is 12.4 Å². The average Bonchev–Trinajstić information content (AvgIpc) is 2.52. The summed E-state index contributed by atoms with van der Waals surface area (Å²) in [5, 5.41) is 11.9. The van der Waals surface area contributed by atoms with Crippen LogP contribution in [0.3, 0.4) is 0 Å². The highest BCUT2D eigenvalue weighted by Gasteiger charge is 2.07. The number of ether oxygens (including phenoxy) is 1. The predicted octanol–water partition coefficient (Wildman–Crippen LogP) is 1.57. The van der Waals surface area contributed by atoms with E-state index in [0.29, 0.717) is 23.6 Å². The van der Waals surface area contributed by atoms with Crippen molar-refractivity contribution in [1.82, 2.24) is 9.97 Å². The molecule has 0 aliphatic rings. The van der Waals surface area contributed by atoms with E-state index in [4.69, 9.17) is 5.11 Å². The fourth-order valence-electron chi connectivity index (χ4n) is 1.66. The van der Waals surface area contributed by atoms with Crippen molar-refractivity contribution in [3.05, 3.63) is 53.5 Å². The number of carboxylic acid groups (broad SMARTS) is 1. The van der Waals surface area contributed by atoms with Gasteiger partial charge in [0.15, 0.2) is 0 Å². The number of esters is 1. The summed E-state index contributed by atoms with van der Waals surface area (Å²) in [4.78, 5) is 30.4. The van der Waals surface area contributed by atoms with Crippen LogP contribution in [0.25, 0.3) is 0 Å². The first-order valence-corrected chi connectivity index (χ1v) is 6.06. The minimum Gasteiger partial charge on any atom is -0.478 e. The number of anilines is 1. The second kappa shape index (κ2) is 6.47. The van der Waals surface area contributed by atoms with Gasteiger partial charge in [-0.2, -0.15) is 0 Å². The minimum absolute atomic E-state index is 0.165. The number of carbonyl (C=O) groups excluding carboxylic acids is 1. The Morgan fingerprint density at radius 1 is 1.19 bits per heavy atom. The maximum Gasteiger partial charge on any atom is 0.338 e. The maximum atomic E-state index is 11.4. The zero-order valence-corrected chi connectivity index (χ0v) is 11.2. The molecule has 0 saturated heterocycles. The van der Waals surface area contributed by atoms with Gasteiger partial charge < -0.3 is 15.2 Å². The Hall–Kier alpha value is -2.96. The lowest BCUT2D eigenvalue weighted by molar-refractivity contribution is 0.0599. The second-order valence-electron chi connectivity index (χ2n) is 4.12. The van der Waals surface area contributed by atoms with E-state index in [1.807, 2.05) is 0 Å². The van der Waals surface area contributed by atoms with Crippen LogP contribution in [0.2, 0.25) is 0 Å². The van der Waals surface area contributed by atoms with E-state index in [9.17, 15) is 9.59 Å². The Labute approximate surface area is 120 Å². The number of methoxy groups -OCH3 is 1. The van der Waals surface area contributed by atoms with Gasteiger partial charge in [0.25, 0.3) is 0 Å². The summed E-state index contributed by atoms with van der Waals surface area (Å²) in [5.41, 5.74) is 1.10. The molecule has 0 radical (unpaired) electrons. The first-order chi connectivity index (χ1) is 10.1. The van der Waals surface area contributed by atoms with Gasteiger partial charge in [0, 0.05) is 12.4 Å². The summed E-state index contributed by atoms with van der Waals surface area (Å²) in [5.74, 6) is -0.989. The lowest BCUT2D eigenvalue weighted by atomic mass is 10.2. The largest absolute Gasteiger partial charge is 0.478 e. The van der Waals surface area contributed by atoms with E-state index >= 15 is 0 Å². The van der Waals surface area contributed by atoms with Gasteiger partial charge in [0.05, 0.1) is 30.5 Å². The van der Waals surface area contributed by atoms with E-state index in [1.165, 1.54) is 31.6 Å². The van der Waals surface area contributed by atoms with Crippen LogP contribution in [0.5, 0.6) is 0 Å². The van der Waals surface area contributed by atoms with Crippen molar-refractivity contribution in [3.63, 3.8) is 0 Å². The van der Waals surface area contributed by atoms with Crippen LogP contribution < -0.4 is 5.32 Å². The van der Waals surface area contributed by atoms with E-state index in [1.54, 1.807) is 12.1 Å². The zero-order chi connectivity index (χ0) is 15.2. The van der Waals surface area contributed by atoms with Gasteiger partial charge in [-0.15, -0.1) is 0 Å². The molecule has 2 aromatic rings. The van der Waals surface area contributed by atoms with Crippen LogP contribution in [0, 0.1) is 0 Å². The van der Waals surface area contributed by atoms with Gasteiger partial charge in [0.2, 0.25) is 0 Å². The zero-order valence-electron chi connectivity index (χ0n) is 11.2. The Kier molecular flexibility index (Phi) is 4.45. The van der Waals surface area contributed by atoms with Crippen molar-refractivity contribution < 1.29 is 19.4 Å². The monoisotopic (exact) mass is 287 g/mol. The topological polar surface area (TPSA) is 101 Å². The molecule has 0 atom stereocenters. The van der Waals surface area contributed by atoms with Gasteiger partial charge in [-0.05, 0) is 24.3 Å². The quantitative estimate of drug-likeness (QED) is 0.805. The van der Waals surface area contributed by atoms with Crippen molar-refractivity contribution in [1.29, 1.82) is 0 Å². The normalized spacial score (nSPS) is 9.95. The second-order valence-corrected chi connectivity index (χ2v) is 4.12. The molecule has 0 aromatic carbocycles. The number of carboxylic acids is 1. The van der Waals surface area contributed by atoms with Crippen molar-refractivity contribution in [3.8, 4) is 0 Å². The van der Waals surface area contributed by atoms with Gasteiger partial charge in [0.1, 0.15) is 5.82 Å². The number of hydrogen-bond acceptors (Lipinski definition) is 6. The third kappa shape index (κ3) is 3.75. The fraction of sp³-hybridized carbons (Fsp3) is 0.143. The van der Waals surface area contributed by atoms with Crippen molar-refractivity contribution in [2.45, 2.75) is 6.54 Å². The number of aromatic nitrogens is 2. The Bertz CT molecular complexity index is 673. The number of pyridine rings is 2. The number of hydrogen-bond donors (Lipinski definition) is 2. The highest BCUT2D eigenvalue weighted by atomic mass is 16.5. The van der Waals surface area contributed by atoms with Gasteiger partial charge in [-0.1, -0.05) is 0 Å². The summed E-state index contributed by atoms with van der Waals surface area (Å²) in [7, 11) is 1.30. The summed E-state index contributed by atoms with van der Waals surface area (Å²) in [6.07, 6.45) is 2.91.